The Morgan fingerprint density at radius 3 is 2.62 bits per heavy atom. The summed E-state index contributed by atoms with van der Waals surface area (Å²) >= 11 is 0. The van der Waals surface area contributed by atoms with Gasteiger partial charge >= 0.3 is 0 Å². The minimum absolute atomic E-state index is 0.0797. The molecular weight excluding hydrogens is 480 g/mol. The molecule has 0 aliphatic heterocycles. The van der Waals surface area contributed by atoms with Gasteiger partial charge in [-0.05, 0) is 54.9 Å². The van der Waals surface area contributed by atoms with Gasteiger partial charge in [-0.15, -0.1) is 5.10 Å². The molecule has 1 saturated carbocycles. The maximum Gasteiger partial charge on any atom is 0.247 e. The number of aromatic nitrogens is 5. The number of Topliss-reactive ketones (excluding diaryl/α,β-unsaturated/α-hetero) is 1. The van der Waals surface area contributed by atoms with Crippen molar-refractivity contribution < 1.29 is 23.1 Å². The number of hydrogen-bond acceptors (Lipinski definition) is 8. The van der Waals surface area contributed by atoms with Crippen LogP contribution in [0, 0.1) is 17.0 Å². The molecule has 1 aromatic carbocycles. The van der Waals surface area contributed by atoms with Gasteiger partial charge in [0.15, 0.2) is 11.9 Å². The van der Waals surface area contributed by atoms with Crippen molar-refractivity contribution in [1.29, 1.82) is 0 Å². The maximum absolute atomic E-state index is 14.5. The Balaban J connectivity index is 1.46. The highest BCUT2D eigenvalue weighted by atomic mass is 19.1. The van der Waals surface area contributed by atoms with Gasteiger partial charge in [-0.2, -0.15) is 5.10 Å². The number of hydrogen-bond donors (Lipinski definition) is 1. The lowest BCUT2D eigenvalue weighted by Crippen LogP contribution is -2.38. The van der Waals surface area contributed by atoms with Crippen molar-refractivity contribution in [2.75, 3.05) is 0 Å². The van der Waals surface area contributed by atoms with Crippen molar-refractivity contribution in [1.82, 2.24) is 25.1 Å². The number of aliphatic hydroxyl groups is 1. The topological polar surface area (TPSA) is 115 Å². The van der Waals surface area contributed by atoms with Gasteiger partial charge in [0.2, 0.25) is 5.89 Å². The van der Waals surface area contributed by atoms with Crippen molar-refractivity contribution in [2.45, 2.75) is 51.0 Å². The first-order valence-electron chi connectivity index (χ1n) is 11.9. The predicted octanol–water partition coefficient (Wildman–Crippen LogP) is 4.69. The van der Waals surface area contributed by atoms with Crippen molar-refractivity contribution in [3.8, 4) is 22.8 Å². The number of oxazole rings is 1. The van der Waals surface area contributed by atoms with E-state index in [2.05, 4.69) is 34.0 Å². The van der Waals surface area contributed by atoms with Gasteiger partial charge in [-0.25, -0.2) is 18.7 Å². The molecule has 1 N–H and O–H groups in total. The Hall–Kier alpha value is -3.92. The number of carbonyl (C=O) groups is 1. The highest BCUT2D eigenvalue weighted by molar-refractivity contribution is 5.81. The van der Waals surface area contributed by atoms with E-state index >= 15 is 0 Å². The molecule has 6 rings (SSSR count). The maximum atomic E-state index is 14.5. The Morgan fingerprint density at radius 1 is 1.14 bits per heavy atom. The van der Waals surface area contributed by atoms with E-state index in [9.17, 15) is 18.7 Å². The second-order valence-electron chi connectivity index (χ2n) is 10.2. The summed E-state index contributed by atoms with van der Waals surface area (Å²) in [6, 6.07) is 5.47. The zero-order chi connectivity index (χ0) is 26.1. The Kier molecular flexibility index (Phi) is 5.10. The fraction of sp³-hybridized carbons (Fsp3) is 0.333. The van der Waals surface area contributed by atoms with Gasteiger partial charge in [0.1, 0.15) is 29.3 Å². The Labute approximate surface area is 210 Å². The number of benzene rings is 1. The third-order valence-electron chi connectivity index (χ3n) is 8.08. The molecule has 0 unspecified atom stereocenters. The molecule has 10 heteroatoms. The van der Waals surface area contributed by atoms with Gasteiger partial charge in [0.25, 0.3) is 0 Å². The van der Waals surface area contributed by atoms with Crippen LogP contribution in [0.3, 0.4) is 0 Å². The lowest BCUT2D eigenvalue weighted by molar-refractivity contribution is -0.125. The highest BCUT2D eigenvalue weighted by Crippen LogP contribution is 2.69. The van der Waals surface area contributed by atoms with Gasteiger partial charge in [0.05, 0.1) is 34.3 Å². The number of ketones is 1. The summed E-state index contributed by atoms with van der Waals surface area (Å²) in [7, 11) is 0. The monoisotopic (exact) mass is 503 g/mol. The Morgan fingerprint density at radius 2 is 1.89 bits per heavy atom. The number of aliphatic hydroxyl groups excluding tert-OH is 1. The summed E-state index contributed by atoms with van der Waals surface area (Å²) in [6.07, 6.45) is 4.61. The molecule has 1 fully saturated rings. The number of halogens is 2. The highest BCUT2D eigenvalue weighted by Gasteiger charge is 2.65. The molecule has 3 atom stereocenters. The minimum Gasteiger partial charge on any atom is -0.443 e. The third kappa shape index (κ3) is 3.21. The first kappa shape index (κ1) is 23.5. The van der Waals surface area contributed by atoms with E-state index in [4.69, 9.17) is 9.40 Å². The van der Waals surface area contributed by atoms with Gasteiger partial charge < -0.3 is 9.52 Å². The molecule has 3 heterocycles. The molecular formula is C27H23F2N5O3. The van der Waals surface area contributed by atoms with E-state index < -0.39 is 28.9 Å². The molecule has 37 heavy (non-hydrogen) atoms. The summed E-state index contributed by atoms with van der Waals surface area (Å²) < 4.78 is 34.5. The van der Waals surface area contributed by atoms with E-state index in [0.717, 1.165) is 24.1 Å². The van der Waals surface area contributed by atoms with E-state index in [1.165, 1.54) is 37.6 Å². The van der Waals surface area contributed by atoms with Crippen molar-refractivity contribution in [2.24, 2.45) is 5.41 Å². The molecule has 0 spiro atoms. The molecule has 0 radical (unpaired) electrons. The van der Waals surface area contributed by atoms with Crippen molar-refractivity contribution in [3.63, 3.8) is 0 Å². The lowest BCUT2D eigenvalue weighted by atomic mass is 9.66. The van der Waals surface area contributed by atoms with E-state index in [-0.39, 0.29) is 34.2 Å². The summed E-state index contributed by atoms with van der Waals surface area (Å²) in [6.45, 7) is 5.54. The van der Waals surface area contributed by atoms with Crippen LogP contribution in [0.25, 0.3) is 22.8 Å². The Bertz CT molecular complexity index is 1550. The zero-order valence-electron chi connectivity index (χ0n) is 20.4. The molecule has 0 saturated heterocycles. The van der Waals surface area contributed by atoms with Gasteiger partial charge in [-0.1, -0.05) is 19.9 Å². The predicted molar refractivity (Wildman–Crippen MR) is 127 cm³/mol. The van der Waals surface area contributed by atoms with Crippen LogP contribution in [0.1, 0.15) is 68.3 Å². The van der Waals surface area contributed by atoms with Crippen LogP contribution < -0.4 is 0 Å². The molecule has 3 aromatic heterocycles. The number of nitrogens with zero attached hydrogens (tertiary/aromatic N) is 5. The third-order valence-corrected chi connectivity index (χ3v) is 8.08. The average molecular weight is 504 g/mol. The smallest absolute Gasteiger partial charge is 0.247 e. The summed E-state index contributed by atoms with van der Waals surface area (Å²) in [5.41, 5.74) is 1.71. The zero-order valence-corrected chi connectivity index (χ0v) is 20.4. The normalized spacial score (nSPS) is 22.2. The number of rotatable bonds is 5. The minimum atomic E-state index is -1.38. The second-order valence-corrected chi connectivity index (χ2v) is 10.2. The summed E-state index contributed by atoms with van der Waals surface area (Å²) in [5, 5.41) is 18.8. The summed E-state index contributed by atoms with van der Waals surface area (Å²) in [4.78, 5) is 25.0. The first-order valence-corrected chi connectivity index (χ1v) is 11.9. The fourth-order valence-electron chi connectivity index (χ4n) is 6.17. The van der Waals surface area contributed by atoms with Gasteiger partial charge in [-0.3, -0.25) is 9.78 Å². The van der Waals surface area contributed by atoms with Crippen LogP contribution in [0.5, 0.6) is 0 Å². The number of carbonyl (C=O) groups excluding carboxylic acids is 1. The molecule has 8 nitrogen and oxygen atoms in total. The first-order chi connectivity index (χ1) is 17.6. The van der Waals surface area contributed by atoms with E-state index in [0.29, 0.717) is 11.4 Å². The van der Waals surface area contributed by atoms with Crippen LogP contribution in [0.4, 0.5) is 8.78 Å². The van der Waals surface area contributed by atoms with Crippen LogP contribution >= 0.6 is 0 Å². The summed E-state index contributed by atoms with van der Waals surface area (Å²) in [5.74, 6) is -1.62. The van der Waals surface area contributed by atoms with E-state index in [1.54, 1.807) is 12.3 Å². The average Bonchev–Trinajstić information content (AvgIpc) is 3.52. The van der Waals surface area contributed by atoms with Crippen LogP contribution in [0.2, 0.25) is 0 Å². The van der Waals surface area contributed by atoms with Crippen LogP contribution in [-0.4, -0.2) is 36.0 Å². The fourth-order valence-corrected chi connectivity index (χ4v) is 6.17. The number of fused-ring (bicyclic) bond motifs is 5. The van der Waals surface area contributed by atoms with Crippen LogP contribution in [-0.2, 0) is 10.2 Å². The largest absolute Gasteiger partial charge is 0.443 e. The van der Waals surface area contributed by atoms with Crippen molar-refractivity contribution in [3.05, 3.63) is 77.2 Å². The molecule has 4 aromatic rings. The molecule has 188 valence electrons. The lowest BCUT2D eigenvalue weighted by Gasteiger charge is -2.37. The van der Waals surface area contributed by atoms with Gasteiger partial charge in [0, 0.05) is 6.20 Å². The SMILES string of the molecule is CC(=O)[C@H](O)c1coc(-c2cncc([C@@]34CC[C@@H](c5cc(-c6c(F)cccc6F)nnc53)C4(C)C)n2)n1. The quantitative estimate of drug-likeness (QED) is 0.417. The molecule has 0 amide bonds. The molecule has 2 bridgehead atoms. The van der Waals surface area contributed by atoms with Crippen molar-refractivity contribution >= 4 is 5.78 Å². The van der Waals surface area contributed by atoms with Crippen LogP contribution in [0.15, 0.2) is 47.3 Å². The van der Waals surface area contributed by atoms with E-state index in [1.807, 2.05) is 0 Å². The molecule has 2 aliphatic rings. The second kappa shape index (κ2) is 8.04. The standard InChI is InChI=1S/C27H23F2N5O3/c1-13(35)23(36)20-12-37-25(32-20)19-10-30-11-21(31-19)27-8-7-15(26(27,2)3)14-9-18(33-34-24(14)27)22-16(28)5-4-6-17(22)29/h4-6,9-12,15,23,36H,7-8H2,1-3H3/t15-,23-,27-/m0/s1. The molecule has 2 aliphatic carbocycles.